The van der Waals surface area contributed by atoms with Crippen LogP contribution in [0.15, 0.2) is 124 Å². The van der Waals surface area contributed by atoms with Gasteiger partial charge in [0.05, 0.1) is 25.8 Å². The van der Waals surface area contributed by atoms with Gasteiger partial charge in [0.2, 0.25) is 5.78 Å². The van der Waals surface area contributed by atoms with Crippen molar-refractivity contribution in [1.82, 2.24) is 4.98 Å². The summed E-state index contributed by atoms with van der Waals surface area (Å²) < 4.78 is 16.3. The quantitative estimate of drug-likeness (QED) is 0.0915. The lowest BCUT2D eigenvalue weighted by molar-refractivity contribution is -0.147. The zero-order chi connectivity index (χ0) is 35.0. The van der Waals surface area contributed by atoms with Crippen molar-refractivity contribution in [3.63, 3.8) is 0 Å². The summed E-state index contributed by atoms with van der Waals surface area (Å²) in [7, 11) is 2.60. The van der Waals surface area contributed by atoms with Crippen molar-refractivity contribution in [1.29, 1.82) is 0 Å². The van der Waals surface area contributed by atoms with Crippen LogP contribution in [-0.4, -0.2) is 43.0 Å². The van der Waals surface area contributed by atoms with Gasteiger partial charge >= 0.3 is 17.6 Å². The number of aromatic nitrogens is 1. The number of ketones is 1. The number of fused-ring (bicyclic) bond motifs is 1. The smallest absolute Gasteiger partial charge is 0.347 e. The Bertz CT molecular complexity index is 2250. The van der Waals surface area contributed by atoms with E-state index in [0.717, 1.165) is 11.3 Å². The zero-order valence-corrected chi connectivity index (χ0v) is 28.4. The summed E-state index contributed by atoms with van der Waals surface area (Å²) >= 11 is 7.25. The van der Waals surface area contributed by atoms with E-state index in [-0.39, 0.29) is 27.7 Å². The van der Waals surface area contributed by atoms with Gasteiger partial charge in [0, 0.05) is 16.0 Å². The van der Waals surface area contributed by atoms with Crippen molar-refractivity contribution in [3.05, 3.63) is 152 Å². The third-order valence-corrected chi connectivity index (χ3v) is 10.4. The number of ether oxygens (including phenoxy) is 2. The van der Waals surface area contributed by atoms with Crippen LogP contribution in [0.2, 0.25) is 5.02 Å². The number of hydrogen-bond acceptors (Lipinski definition) is 10. The molecule has 0 amide bonds. The number of esters is 2. The second-order valence-electron chi connectivity index (χ2n) is 11.7. The minimum atomic E-state index is -1.34. The van der Waals surface area contributed by atoms with Crippen LogP contribution in [0, 0.1) is 5.92 Å². The Morgan fingerprint density at radius 1 is 0.840 bits per heavy atom. The van der Waals surface area contributed by atoms with Crippen molar-refractivity contribution >= 4 is 56.8 Å². The fraction of sp³-hybridized carbons (Fsp3) is 0.154. The molecule has 0 N–H and O–H groups in total. The van der Waals surface area contributed by atoms with Crippen LogP contribution in [-0.2, 0) is 24.6 Å². The summed E-state index contributed by atoms with van der Waals surface area (Å²) in [6, 6.07) is 32.9. The van der Waals surface area contributed by atoms with E-state index in [4.69, 9.17) is 30.5 Å². The lowest BCUT2D eigenvalue weighted by Crippen LogP contribution is -2.52. The normalized spacial score (nSPS) is 16.7. The molecule has 3 heterocycles. The van der Waals surface area contributed by atoms with E-state index in [0.29, 0.717) is 32.7 Å². The molecule has 50 heavy (non-hydrogen) atoms. The van der Waals surface area contributed by atoms with Crippen LogP contribution >= 0.6 is 22.9 Å². The Balaban J connectivity index is 1.53. The van der Waals surface area contributed by atoms with Crippen molar-refractivity contribution < 1.29 is 28.3 Å². The molecule has 0 aliphatic carbocycles. The first-order chi connectivity index (χ1) is 24.3. The molecule has 250 valence electrons. The summed E-state index contributed by atoms with van der Waals surface area (Å²) in [5.41, 5.74) is 0.232. The van der Waals surface area contributed by atoms with E-state index < -0.39 is 40.8 Å². The van der Waals surface area contributed by atoms with Gasteiger partial charge < -0.3 is 18.8 Å². The molecule has 1 aliphatic rings. The van der Waals surface area contributed by atoms with Gasteiger partial charge in [0.15, 0.2) is 5.13 Å². The molecule has 2 atom stereocenters. The monoisotopic (exact) mass is 704 g/mol. The maximum Gasteiger partial charge on any atom is 0.347 e. The number of rotatable bonds is 8. The summed E-state index contributed by atoms with van der Waals surface area (Å²) in [4.78, 5) is 62.3. The van der Waals surface area contributed by atoms with E-state index in [9.17, 15) is 19.2 Å². The van der Waals surface area contributed by atoms with Gasteiger partial charge in [-0.15, -0.1) is 0 Å². The molecule has 1 saturated heterocycles. The third-order valence-electron chi connectivity index (χ3n) is 9.07. The van der Waals surface area contributed by atoms with Crippen molar-refractivity contribution in [3.8, 4) is 11.3 Å². The Labute approximate surface area is 295 Å². The lowest BCUT2D eigenvalue weighted by atomic mass is 9.73. The molecule has 9 nitrogen and oxygen atoms in total. The van der Waals surface area contributed by atoms with Crippen LogP contribution in [0.5, 0.6) is 0 Å². The van der Waals surface area contributed by atoms with Gasteiger partial charge in [0.1, 0.15) is 27.6 Å². The first kappa shape index (κ1) is 32.9. The Morgan fingerprint density at radius 2 is 1.44 bits per heavy atom. The maximum atomic E-state index is 14.5. The van der Waals surface area contributed by atoms with Gasteiger partial charge in [-0.25, -0.2) is 14.6 Å². The molecular weight excluding hydrogens is 676 g/mol. The topological polar surface area (TPSA) is 116 Å². The number of nitrogens with zero attached hydrogens (tertiary/aromatic N) is 2. The number of anilines is 1. The first-order valence-corrected chi connectivity index (χ1v) is 16.9. The molecular formula is C39H29ClN2O7S. The molecule has 1 fully saturated rings. The van der Waals surface area contributed by atoms with Crippen LogP contribution in [0.4, 0.5) is 5.13 Å². The average molecular weight is 705 g/mol. The number of thiazole rings is 1. The maximum absolute atomic E-state index is 14.5. The van der Waals surface area contributed by atoms with E-state index >= 15 is 0 Å². The van der Waals surface area contributed by atoms with Crippen molar-refractivity contribution in [2.24, 2.45) is 5.92 Å². The van der Waals surface area contributed by atoms with Gasteiger partial charge in [-0.05, 0) is 41.8 Å². The fourth-order valence-electron chi connectivity index (χ4n) is 6.89. The predicted octanol–water partition coefficient (Wildman–Crippen LogP) is 7.29. The molecule has 0 radical (unpaired) electrons. The summed E-state index contributed by atoms with van der Waals surface area (Å²) in [6.07, 6.45) is 0.0243. The van der Waals surface area contributed by atoms with Crippen LogP contribution in [0.3, 0.4) is 0 Å². The second kappa shape index (κ2) is 13.4. The fourth-order valence-corrected chi connectivity index (χ4v) is 8.17. The summed E-state index contributed by atoms with van der Waals surface area (Å²) in [6.45, 7) is 0. The highest BCUT2D eigenvalue weighted by Crippen LogP contribution is 2.55. The molecule has 0 saturated carbocycles. The molecule has 0 spiro atoms. The summed E-state index contributed by atoms with van der Waals surface area (Å²) in [5.74, 6) is -2.65. The first-order valence-electron chi connectivity index (χ1n) is 15.7. The Kier molecular flexibility index (Phi) is 8.81. The van der Waals surface area contributed by atoms with Crippen LogP contribution < -0.4 is 10.5 Å². The van der Waals surface area contributed by atoms with Gasteiger partial charge in [0.25, 0.3) is 0 Å². The number of carbonyl (C=O) groups excluding carboxylic acids is 3. The molecule has 7 rings (SSSR count). The zero-order valence-electron chi connectivity index (χ0n) is 26.9. The van der Waals surface area contributed by atoms with Gasteiger partial charge in [-0.3, -0.25) is 9.59 Å². The van der Waals surface area contributed by atoms with E-state index in [1.165, 1.54) is 20.3 Å². The standard InChI is InChI=1S/C39H29ClN2O7S/c1-47-36(45)29-22-30(37(46)48-2)42(39(29,25-12-5-3-6-13-25)26-14-7-4-8-15-26)38-41-32(23-17-19-27(40)20-18-23)34(50-38)33(43)28-21-24-11-9-10-16-31(24)49-35(28)44/h3-21,29-30H,22H2,1-2H3/t29-,30+/m0/s1. The number of halogens is 1. The van der Waals surface area contributed by atoms with E-state index in [1.807, 2.05) is 60.7 Å². The number of carbonyl (C=O) groups is 3. The number of methoxy groups -OCH3 is 2. The number of benzene rings is 4. The molecule has 4 aromatic carbocycles. The Morgan fingerprint density at radius 3 is 2.06 bits per heavy atom. The highest BCUT2D eigenvalue weighted by molar-refractivity contribution is 7.18. The number of para-hydroxylation sites is 1. The van der Waals surface area contributed by atoms with Crippen molar-refractivity contribution in [2.75, 3.05) is 19.1 Å². The van der Waals surface area contributed by atoms with Gasteiger partial charge in [-0.1, -0.05) is 114 Å². The van der Waals surface area contributed by atoms with E-state index in [2.05, 4.69) is 0 Å². The lowest BCUT2D eigenvalue weighted by Gasteiger charge is -2.43. The molecule has 6 aromatic rings. The van der Waals surface area contributed by atoms with Crippen molar-refractivity contribution in [2.45, 2.75) is 18.0 Å². The SMILES string of the molecule is COC(=O)[C@H]1C[C@@H](C(=O)OC)C(c2ccccc2)(c2ccccc2)N1c1nc(-c2ccc(Cl)cc2)c(C(=O)c2cc3ccccc3oc2=O)s1. The predicted molar refractivity (Wildman–Crippen MR) is 191 cm³/mol. The highest BCUT2D eigenvalue weighted by Gasteiger charge is 2.62. The molecule has 1 aliphatic heterocycles. The molecule has 2 aromatic heterocycles. The van der Waals surface area contributed by atoms with Crippen LogP contribution in [0.25, 0.3) is 22.2 Å². The molecule has 11 heteroatoms. The number of hydrogen-bond donors (Lipinski definition) is 0. The largest absolute Gasteiger partial charge is 0.469 e. The van der Waals surface area contributed by atoms with Crippen LogP contribution in [0.1, 0.15) is 32.8 Å². The third kappa shape index (κ3) is 5.46. The average Bonchev–Trinajstić information content (AvgIpc) is 3.75. The second-order valence-corrected chi connectivity index (χ2v) is 13.1. The Hall–Kier alpha value is -5.58. The van der Waals surface area contributed by atoms with Gasteiger partial charge in [-0.2, -0.15) is 0 Å². The summed E-state index contributed by atoms with van der Waals surface area (Å²) in [5, 5.41) is 1.30. The molecule has 0 unspecified atom stereocenters. The van der Waals surface area contributed by atoms with E-state index in [1.54, 1.807) is 53.4 Å². The highest BCUT2D eigenvalue weighted by atomic mass is 35.5. The minimum absolute atomic E-state index is 0.0243. The minimum Gasteiger partial charge on any atom is -0.469 e. The molecule has 0 bridgehead atoms.